The van der Waals surface area contributed by atoms with Gasteiger partial charge in [0, 0.05) is 35.0 Å². The predicted octanol–water partition coefficient (Wildman–Crippen LogP) is 5.80. The molecule has 162 valence electrons. The van der Waals surface area contributed by atoms with Gasteiger partial charge in [0.15, 0.2) is 9.84 Å². The number of anilines is 1. The van der Waals surface area contributed by atoms with Gasteiger partial charge in [-0.1, -0.05) is 23.7 Å². The molecule has 32 heavy (non-hydrogen) atoms. The fourth-order valence-corrected chi connectivity index (χ4v) is 4.19. The molecule has 1 heterocycles. The minimum atomic E-state index is -3.50. The molecule has 5 nitrogen and oxygen atoms in total. The molecule has 3 aromatic carbocycles. The smallest absolute Gasteiger partial charge is 0.256 e. The molecule has 0 spiro atoms. The lowest BCUT2D eigenvalue weighted by Crippen LogP contribution is -2.14. The standard InChI is InChI=1S/C24H18ClFN2O3S/c1-32(30,31)18-9-10-19(20(14-18)15-4-6-16(26)7-5-15)24(29)28-17-8-11-22(25)21(13-17)23-3-2-12-27-23/h2-14,27H,1H3,(H,28,29). The molecule has 0 saturated carbocycles. The molecule has 0 aliphatic heterocycles. The number of carbonyl (C=O) groups is 1. The minimum absolute atomic E-state index is 0.0638. The van der Waals surface area contributed by atoms with Crippen molar-refractivity contribution in [2.24, 2.45) is 0 Å². The Morgan fingerprint density at radius 1 is 0.969 bits per heavy atom. The lowest BCUT2D eigenvalue weighted by Gasteiger charge is -2.13. The van der Waals surface area contributed by atoms with Crippen LogP contribution < -0.4 is 5.32 Å². The number of hydrogen-bond donors (Lipinski definition) is 2. The number of aromatic amines is 1. The Balaban J connectivity index is 1.74. The maximum absolute atomic E-state index is 13.4. The lowest BCUT2D eigenvalue weighted by atomic mass is 9.99. The number of carbonyl (C=O) groups excluding carboxylic acids is 1. The van der Waals surface area contributed by atoms with Crippen LogP contribution in [0.4, 0.5) is 10.1 Å². The number of hydrogen-bond acceptors (Lipinski definition) is 3. The molecule has 2 N–H and O–H groups in total. The van der Waals surface area contributed by atoms with E-state index in [4.69, 9.17) is 11.6 Å². The van der Waals surface area contributed by atoms with E-state index >= 15 is 0 Å². The van der Waals surface area contributed by atoms with Crippen molar-refractivity contribution >= 4 is 33.0 Å². The van der Waals surface area contributed by atoms with Gasteiger partial charge in [0.25, 0.3) is 5.91 Å². The van der Waals surface area contributed by atoms with E-state index in [1.165, 1.54) is 42.5 Å². The molecule has 0 atom stereocenters. The van der Waals surface area contributed by atoms with Gasteiger partial charge in [0.2, 0.25) is 0 Å². The molecular formula is C24H18ClFN2O3S. The molecule has 0 bridgehead atoms. The van der Waals surface area contributed by atoms with Crippen LogP contribution in [0.25, 0.3) is 22.4 Å². The number of H-pyrrole nitrogens is 1. The average molecular weight is 469 g/mol. The minimum Gasteiger partial charge on any atom is -0.361 e. The predicted molar refractivity (Wildman–Crippen MR) is 124 cm³/mol. The topological polar surface area (TPSA) is 79.0 Å². The van der Waals surface area contributed by atoms with Gasteiger partial charge < -0.3 is 10.3 Å². The summed E-state index contributed by atoms with van der Waals surface area (Å²) < 4.78 is 37.5. The van der Waals surface area contributed by atoms with Crippen LogP contribution in [-0.4, -0.2) is 25.6 Å². The maximum atomic E-state index is 13.4. The number of aromatic nitrogens is 1. The summed E-state index contributed by atoms with van der Waals surface area (Å²) in [7, 11) is -3.50. The zero-order valence-corrected chi connectivity index (χ0v) is 18.5. The van der Waals surface area contributed by atoms with Gasteiger partial charge in [-0.25, -0.2) is 12.8 Å². The highest BCUT2D eigenvalue weighted by Gasteiger charge is 2.18. The van der Waals surface area contributed by atoms with Gasteiger partial charge in [-0.3, -0.25) is 4.79 Å². The van der Waals surface area contributed by atoms with Crippen LogP contribution in [0, 0.1) is 5.82 Å². The van der Waals surface area contributed by atoms with Crippen LogP contribution in [0.3, 0.4) is 0 Å². The van der Waals surface area contributed by atoms with E-state index in [-0.39, 0.29) is 10.5 Å². The first kappa shape index (κ1) is 21.8. The second kappa shape index (κ2) is 8.61. The Labute approximate surface area is 189 Å². The van der Waals surface area contributed by atoms with E-state index in [1.807, 2.05) is 12.1 Å². The summed E-state index contributed by atoms with van der Waals surface area (Å²) in [5.41, 5.74) is 3.19. The average Bonchev–Trinajstić information content (AvgIpc) is 3.29. The molecular weight excluding hydrogens is 451 g/mol. The molecule has 4 rings (SSSR count). The molecule has 0 saturated heterocycles. The van der Waals surface area contributed by atoms with E-state index in [2.05, 4.69) is 10.3 Å². The Hall–Kier alpha value is -3.42. The Bertz CT molecular complexity index is 1400. The van der Waals surface area contributed by atoms with Crippen molar-refractivity contribution in [2.45, 2.75) is 4.90 Å². The zero-order chi connectivity index (χ0) is 22.9. The zero-order valence-electron chi connectivity index (χ0n) is 16.9. The third-order valence-corrected chi connectivity index (χ3v) is 6.37. The monoisotopic (exact) mass is 468 g/mol. The van der Waals surface area contributed by atoms with E-state index in [0.717, 1.165) is 17.5 Å². The molecule has 8 heteroatoms. The quantitative estimate of drug-likeness (QED) is 0.388. The van der Waals surface area contributed by atoms with Crippen LogP contribution in [0.5, 0.6) is 0 Å². The summed E-state index contributed by atoms with van der Waals surface area (Å²) in [5, 5.41) is 3.36. The first-order valence-corrected chi connectivity index (χ1v) is 11.8. The Kier molecular flexibility index (Phi) is 5.86. The van der Waals surface area contributed by atoms with Crippen molar-refractivity contribution in [3.63, 3.8) is 0 Å². The van der Waals surface area contributed by atoms with Crippen LogP contribution in [0.1, 0.15) is 10.4 Å². The molecule has 4 aromatic rings. The SMILES string of the molecule is CS(=O)(=O)c1ccc(C(=O)Nc2ccc(Cl)c(-c3ccc[nH]3)c2)c(-c2ccc(F)cc2)c1. The number of benzene rings is 3. The third-order valence-electron chi connectivity index (χ3n) is 4.93. The third kappa shape index (κ3) is 4.59. The summed E-state index contributed by atoms with van der Waals surface area (Å²) in [6, 6.07) is 18.6. The van der Waals surface area contributed by atoms with Gasteiger partial charge in [-0.2, -0.15) is 0 Å². The highest BCUT2D eigenvalue weighted by molar-refractivity contribution is 7.90. The summed E-state index contributed by atoms with van der Waals surface area (Å²) in [6.07, 6.45) is 2.86. The van der Waals surface area contributed by atoms with Crippen LogP contribution in [0.2, 0.25) is 5.02 Å². The van der Waals surface area contributed by atoms with E-state index in [9.17, 15) is 17.6 Å². The van der Waals surface area contributed by atoms with Crippen LogP contribution >= 0.6 is 11.6 Å². The second-order valence-corrected chi connectivity index (χ2v) is 9.64. The molecule has 1 aromatic heterocycles. The number of rotatable bonds is 5. The molecule has 0 aliphatic carbocycles. The number of amides is 1. The van der Waals surface area contributed by atoms with Gasteiger partial charge >= 0.3 is 0 Å². The summed E-state index contributed by atoms with van der Waals surface area (Å²) in [6.45, 7) is 0. The van der Waals surface area contributed by atoms with E-state index in [1.54, 1.807) is 24.4 Å². The fourth-order valence-electron chi connectivity index (χ4n) is 3.33. The van der Waals surface area contributed by atoms with Gasteiger partial charge in [-0.05, 0) is 71.8 Å². The van der Waals surface area contributed by atoms with Gasteiger partial charge in [0.1, 0.15) is 5.82 Å². The number of sulfone groups is 1. The second-order valence-electron chi connectivity index (χ2n) is 7.22. The van der Waals surface area contributed by atoms with Crippen molar-refractivity contribution < 1.29 is 17.6 Å². The van der Waals surface area contributed by atoms with Crippen molar-refractivity contribution in [1.82, 2.24) is 4.98 Å². The number of halogens is 2. The van der Waals surface area contributed by atoms with Crippen molar-refractivity contribution in [1.29, 1.82) is 0 Å². The van der Waals surface area contributed by atoms with E-state index in [0.29, 0.717) is 21.8 Å². The Morgan fingerprint density at radius 3 is 2.38 bits per heavy atom. The van der Waals surface area contributed by atoms with Crippen molar-refractivity contribution in [3.8, 4) is 22.4 Å². The van der Waals surface area contributed by atoms with Crippen molar-refractivity contribution in [2.75, 3.05) is 11.6 Å². The summed E-state index contributed by atoms with van der Waals surface area (Å²) in [5.74, 6) is -0.874. The van der Waals surface area contributed by atoms with Crippen LogP contribution in [-0.2, 0) is 9.84 Å². The largest absolute Gasteiger partial charge is 0.361 e. The lowest BCUT2D eigenvalue weighted by molar-refractivity contribution is 0.102. The maximum Gasteiger partial charge on any atom is 0.256 e. The van der Waals surface area contributed by atoms with E-state index < -0.39 is 21.6 Å². The van der Waals surface area contributed by atoms with Gasteiger partial charge in [-0.15, -0.1) is 0 Å². The number of nitrogens with one attached hydrogen (secondary N) is 2. The molecule has 0 unspecified atom stereocenters. The molecule has 1 amide bonds. The molecule has 0 radical (unpaired) electrons. The fraction of sp³-hybridized carbons (Fsp3) is 0.0417. The van der Waals surface area contributed by atoms with Crippen LogP contribution in [0.15, 0.2) is 83.9 Å². The van der Waals surface area contributed by atoms with Crippen molar-refractivity contribution in [3.05, 3.63) is 95.4 Å². The normalized spacial score (nSPS) is 11.3. The molecule has 0 aliphatic rings. The molecule has 0 fully saturated rings. The highest BCUT2D eigenvalue weighted by atomic mass is 35.5. The highest BCUT2D eigenvalue weighted by Crippen LogP contribution is 2.31. The summed E-state index contributed by atoms with van der Waals surface area (Å²) in [4.78, 5) is 16.3. The first-order valence-electron chi connectivity index (χ1n) is 9.57. The Morgan fingerprint density at radius 2 is 1.72 bits per heavy atom. The summed E-state index contributed by atoms with van der Waals surface area (Å²) >= 11 is 6.30. The van der Waals surface area contributed by atoms with Gasteiger partial charge in [0.05, 0.1) is 9.92 Å². The first-order chi connectivity index (χ1) is 15.2.